The summed E-state index contributed by atoms with van der Waals surface area (Å²) in [7, 11) is 1.50. The van der Waals surface area contributed by atoms with Crippen LogP contribution in [0.4, 0.5) is 4.79 Å². The second kappa shape index (κ2) is 16.5. The minimum Gasteiger partial charge on any atom is -0.457 e. The lowest BCUT2D eigenvalue weighted by atomic mass is 9.76. The van der Waals surface area contributed by atoms with E-state index in [1.54, 1.807) is 51.3 Å². The Labute approximate surface area is 279 Å². The number of amides is 1. The van der Waals surface area contributed by atoms with Gasteiger partial charge >= 0.3 is 12.1 Å². The topological polar surface area (TPSA) is 130 Å². The van der Waals surface area contributed by atoms with Crippen LogP contribution in [0.5, 0.6) is 0 Å². The predicted octanol–water partition coefficient (Wildman–Crippen LogP) is 6.15. The number of nitrogens with zero attached hydrogens (tertiary/aromatic N) is 4. The standard InChI is InChI=1S/C36H54N4O7/c1-10-15-24(3)30(41)26(5)31-36(8,29(11-2)46-33(43)35(6,7)32(42)25(4)22-45-9)47-34(44)40(31)19-13-12-18-39-21-28(38-23-39)27-16-14-17-37-20-27/h14,16-17,20-21,23-26,29,31H,10-13,15,18-19,22H2,1-9H3/t24-,25-,26+,29-,31-,36-/m1/s1. The van der Waals surface area contributed by atoms with Gasteiger partial charge in [0.25, 0.3) is 0 Å². The quantitative estimate of drug-likeness (QED) is 0.0995. The molecule has 260 valence electrons. The number of aryl methyl sites for hydroxylation is 1. The van der Waals surface area contributed by atoms with E-state index in [9.17, 15) is 19.2 Å². The normalized spacial score (nSPS) is 20.7. The van der Waals surface area contributed by atoms with Crippen molar-refractivity contribution in [3.8, 4) is 11.3 Å². The van der Waals surface area contributed by atoms with Crippen molar-refractivity contribution in [3.63, 3.8) is 0 Å². The molecule has 11 nitrogen and oxygen atoms in total. The Morgan fingerprint density at radius 1 is 1.11 bits per heavy atom. The molecule has 6 atom stereocenters. The molecule has 1 aliphatic heterocycles. The molecule has 0 spiro atoms. The lowest BCUT2D eigenvalue weighted by molar-refractivity contribution is -0.177. The van der Waals surface area contributed by atoms with Crippen molar-refractivity contribution >= 4 is 23.6 Å². The zero-order valence-corrected chi connectivity index (χ0v) is 29.7. The van der Waals surface area contributed by atoms with Crippen LogP contribution < -0.4 is 0 Å². The third-order valence-electron chi connectivity index (χ3n) is 9.50. The highest BCUT2D eigenvalue weighted by molar-refractivity contribution is 6.04. The van der Waals surface area contributed by atoms with Gasteiger partial charge in [0.15, 0.2) is 11.4 Å². The van der Waals surface area contributed by atoms with E-state index in [1.807, 2.05) is 50.6 Å². The number of aromatic nitrogens is 3. The maximum atomic E-state index is 13.7. The molecular formula is C36H54N4O7. The number of hydrogen-bond acceptors (Lipinski definition) is 9. The summed E-state index contributed by atoms with van der Waals surface area (Å²) >= 11 is 0. The molecule has 1 amide bonds. The molecule has 2 aromatic heterocycles. The molecule has 47 heavy (non-hydrogen) atoms. The van der Waals surface area contributed by atoms with E-state index in [2.05, 4.69) is 9.97 Å². The number of carbonyl (C=O) groups excluding carboxylic acids is 4. The molecule has 0 aliphatic carbocycles. The maximum absolute atomic E-state index is 13.7. The van der Waals surface area contributed by atoms with Gasteiger partial charge in [-0.1, -0.05) is 41.0 Å². The predicted molar refractivity (Wildman–Crippen MR) is 178 cm³/mol. The van der Waals surface area contributed by atoms with E-state index >= 15 is 0 Å². The van der Waals surface area contributed by atoms with Gasteiger partial charge in [-0.05, 0) is 58.6 Å². The Balaban J connectivity index is 1.81. The number of hydrogen-bond donors (Lipinski definition) is 0. The fourth-order valence-corrected chi connectivity index (χ4v) is 6.81. The highest BCUT2D eigenvalue weighted by atomic mass is 16.6. The average Bonchev–Trinajstić information content (AvgIpc) is 3.62. The van der Waals surface area contributed by atoms with Crippen LogP contribution in [0.25, 0.3) is 11.3 Å². The van der Waals surface area contributed by atoms with Gasteiger partial charge in [0.05, 0.1) is 24.7 Å². The summed E-state index contributed by atoms with van der Waals surface area (Å²) in [6.07, 6.45) is 9.15. The third-order valence-corrected chi connectivity index (χ3v) is 9.50. The molecule has 1 fully saturated rings. The van der Waals surface area contributed by atoms with Gasteiger partial charge in [0, 0.05) is 62.1 Å². The Bertz CT molecular complexity index is 1360. The zero-order chi connectivity index (χ0) is 34.9. The second-order valence-electron chi connectivity index (χ2n) is 13.7. The number of imidazole rings is 1. The van der Waals surface area contributed by atoms with Crippen molar-refractivity contribution in [3.05, 3.63) is 37.1 Å². The first-order chi connectivity index (χ1) is 22.2. The number of esters is 1. The Kier molecular flexibility index (Phi) is 13.3. The summed E-state index contributed by atoms with van der Waals surface area (Å²) in [4.78, 5) is 64.4. The summed E-state index contributed by atoms with van der Waals surface area (Å²) < 4.78 is 19.3. The van der Waals surface area contributed by atoms with Gasteiger partial charge < -0.3 is 23.7 Å². The van der Waals surface area contributed by atoms with Gasteiger partial charge in [-0.15, -0.1) is 0 Å². The van der Waals surface area contributed by atoms with E-state index in [4.69, 9.17) is 14.2 Å². The summed E-state index contributed by atoms with van der Waals surface area (Å²) in [5.41, 5.74) is -0.986. The minimum atomic E-state index is -1.44. The molecule has 2 aromatic rings. The largest absolute Gasteiger partial charge is 0.457 e. The molecule has 0 aromatic carbocycles. The molecule has 0 saturated carbocycles. The van der Waals surface area contributed by atoms with E-state index in [0.29, 0.717) is 25.9 Å². The first-order valence-electron chi connectivity index (χ1n) is 16.9. The molecule has 3 heterocycles. The van der Waals surface area contributed by atoms with Crippen molar-refractivity contribution in [2.75, 3.05) is 20.3 Å². The van der Waals surface area contributed by atoms with Crippen LogP contribution >= 0.6 is 0 Å². The van der Waals surface area contributed by atoms with E-state index < -0.39 is 47.1 Å². The van der Waals surface area contributed by atoms with E-state index in [0.717, 1.165) is 30.5 Å². The number of methoxy groups -OCH3 is 1. The number of cyclic esters (lactones) is 1. The fourth-order valence-electron chi connectivity index (χ4n) is 6.81. The number of Topliss-reactive ketones (excluding diaryl/α,β-unsaturated/α-hetero) is 2. The van der Waals surface area contributed by atoms with E-state index in [1.165, 1.54) is 7.11 Å². The smallest absolute Gasteiger partial charge is 0.410 e. The van der Waals surface area contributed by atoms with Gasteiger partial charge in [0.2, 0.25) is 0 Å². The molecule has 0 radical (unpaired) electrons. The summed E-state index contributed by atoms with van der Waals surface area (Å²) in [6, 6.07) is 3.16. The molecule has 1 saturated heterocycles. The van der Waals surface area contributed by atoms with Crippen molar-refractivity contribution in [1.82, 2.24) is 19.4 Å². The number of ketones is 2. The van der Waals surface area contributed by atoms with Crippen LogP contribution in [-0.2, 0) is 35.1 Å². The van der Waals surface area contributed by atoms with Crippen molar-refractivity contribution < 1.29 is 33.4 Å². The zero-order valence-electron chi connectivity index (χ0n) is 29.7. The monoisotopic (exact) mass is 654 g/mol. The van der Waals surface area contributed by atoms with Crippen LogP contribution in [0.3, 0.4) is 0 Å². The second-order valence-corrected chi connectivity index (χ2v) is 13.7. The number of rotatable bonds is 19. The van der Waals surface area contributed by atoms with Gasteiger partial charge in [-0.2, -0.15) is 0 Å². The molecule has 0 bridgehead atoms. The molecular weight excluding hydrogens is 600 g/mol. The summed E-state index contributed by atoms with van der Waals surface area (Å²) in [6.45, 7) is 15.4. The number of ether oxygens (including phenoxy) is 3. The highest BCUT2D eigenvalue weighted by Gasteiger charge is 2.59. The van der Waals surface area contributed by atoms with Crippen LogP contribution in [0, 0.1) is 23.2 Å². The van der Waals surface area contributed by atoms with Crippen molar-refractivity contribution in [2.24, 2.45) is 23.2 Å². The average molecular weight is 655 g/mol. The first-order valence-corrected chi connectivity index (χ1v) is 16.9. The number of carbonyl (C=O) groups is 4. The SMILES string of the molecule is CCC[C@@H](C)C(=O)[C@H](C)[C@H]1N(CCCCn2cnc(-c3cccnc3)c2)C(=O)O[C@]1(C)[C@@H](CC)OC(=O)C(C)(C)C(=O)[C@H](C)COC. The number of pyridine rings is 1. The van der Waals surface area contributed by atoms with Gasteiger partial charge in [0.1, 0.15) is 17.3 Å². The molecule has 0 N–H and O–H groups in total. The lowest BCUT2D eigenvalue weighted by Gasteiger charge is -2.41. The number of unbranched alkanes of at least 4 members (excludes halogenated alkanes) is 1. The molecule has 1 aliphatic rings. The van der Waals surface area contributed by atoms with Crippen molar-refractivity contribution in [2.45, 2.75) is 112 Å². The Morgan fingerprint density at radius 3 is 2.43 bits per heavy atom. The van der Waals surface area contributed by atoms with Crippen LogP contribution in [-0.4, -0.2) is 81.1 Å². The van der Waals surface area contributed by atoms with Crippen LogP contribution in [0.15, 0.2) is 37.1 Å². The van der Waals surface area contributed by atoms with Crippen LogP contribution in [0.1, 0.15) is 87.5 Å². The Hall–Kier alpha value is -3.60. The lowest BCUT2D eigenvalue weighted by Crippen LogP contribution is -2.58. The van der Waals surface area contributed by atoms with Crippen molar-refractivity contribution in [1.29, 1.82) is 0 Å². The molecule has 3 rings (SSSR count). The third kappa shape index (κ3) is 8.66. The fraction of sp³-hybridized carbons (Fsp3) is 0.667. The first kappa shape index (κ1) is 37.9. The molecule has 11 heteroatoms. The van der Waals surface area contributed by atoms with E-state index in [-0.39, 0.29) is 24.1 Å². The highest BCUT2D eigenvalue weighted by Crippen LogP contribution is 2.41. The Morgan fingerprint density at radius 2 is 1.81 bits per heavy atom. The summed E-state index contributed by atoms with van der Waals surface area (Å²) in [5, 5.41) is 0. The maximum Gasteiger partial charge on any atom is 0.410 e. The van der Waals surface area contributed by atoms with Gasteiger partial charge in [-0.3, -0.25) is 19.4 Å². The van der Waals surface area contributed by atoms with Crippen LogP contribution in [0.2, 0.25) is 0 Å². The summed E-state index contributed by atoms with van der Waals surface area (Å²) in [5.74, 6) is -2.24. The van der Waals surface area contributed by atoms with Gasteiger partial charge in [-0.25, -0.2) is 9.78 Å². The molecule has 0 unspecified atom stereocenters. The minimum absolute atomic E-state index is 0.0396.